The van der Waals surface area contributed by atoms with Gasteiger partial charge < -0.3 is 14.2 Å². The van der Waals surface area contributed by atoms with E-state index < -0.39 is 0 Å². The molecule has 0 aliphatic rings. The molecule has 3 nitrogen and oxygen atoms in total. The minimum atomic E-state index is 0.649. The first-order valence-corrected chi connectivity index (χ1v) is 5.30. The fourth-order valence-electron chi connectivity index (χ4n) is 0.780. The lowest BCUT2D eigenvalue weighted by atomic mass is 10.4. The Kier molecular flexibility index (Phi) is 12.4. The third-order valence-electron chi connectivity index (χ3n) is 1.50. The zero-order chi connectivity index (χ0) is 9.78. The molecule has 0 aromatic rings. The van der Waals surface area contributed by atoms with Gasteiger partial charge in [-0.1, -0.05) is 0 Å². The molecular formula is C9H20O3S. The molecule has 4 heteroatoms. The smallest absolute Gasteiger partial charge is 0.0701 e. The van der Waals surface area contributed by atoms with Gasteiger partial charge in [0.15, 0.2) is 0 Å². The van der Waals surface area contributed by atoms with E-state index in [2.05, 4.69) is 12.6 Å². The molecule has 0 aromatic carbocycles. The van der Waals surface area contributed by atoms with Gasteiger partial charge in [-0.3, -0.25) is 0 Å². The van der Waals surface area contributed by atoms with Crippen LogP contribution in [0.25, 0.3) is 0 Å². The molecule has 0 aliphatic carbocycles. The summed E-state index contributed by atoms with van der Waals surface area (Å²) in [6, 6.07) is 0. The predicted octanol–water partition coefficient (Wildman–Crippen LogP) is 1.38. The molecular weight excluding hydrogens is 188 g/mol. The minimum Gasteiger partial charge on any atom is -0.382 e. The van der Waals surface area contributed by atoms with Crippen molar-refractivity contribution in [1.29, 1.82) is 0 Å². The Hall–Kier alpha value is 0.230. The first-order valence-electron chi connectivity index (χ1n) is 4.67. The summed E-state index contributed by atoms with van der Waals surface area (Å²) < 4.78 is 15.4. The lowest BCUT2D eigenvalue weighted by Crippen LogP contribution is -2.08. The molecule has 0 N–H and O–H groups in total. The summed E-state index contributed by atoms with van der Waals surface area (Å²) in [6.07, 6.45) is 2.20. The summed E-state index contributed by atoms with van der Waals surface area (Å²) in [5.74, 6) is 0.938. The molecule has 0 fully saturated rings. The second kappa shape index (κ2) is 12.2. The van der Waals surface area contributed by atoms with Crippen molar-refractivity contribution in [2.45, 2.75) is 12.8 Å². The summed E-state index contributed by atoms with van der Waals surface area (Å²) in [5.41, 5.74) is 0. The number of methoxy groups -OCH3 is 1. The highest BCUT2D eigenvalue weighted by molar-refractivity contribution is 7.80. The zero-order valence-electron chi connectivity index (χ0n) is 8.33. The Morgan fingerprint density at radius 3 is 2.08 bits per heavy atom. The van der Waals surface area contributed by atoms with Crippen LogP contribution >= 0.6 is 12.6 Å². The molecule has 0 bridgehead atoms. The van der Waals surface area contributed by atoms with Gasteiger partial charge in [-0.25, -0.2) is 0 Å². The van der Waals surface area contributed by atoms with Crippen molar-refractivity contribution in [1.82, 2.24) is 0 Å². The number of thiol groups is 1. The van der Waals surface area contributed by atoms with Crippen LogP contribution in [0.5, 0.6) is 0 Å². The van der Waals surface area contributed by atoms with Crippen LogP contribution < -0.4 is 0 Å². The molecule has 0 unspecified atom stereocenters. The molecule has 0 rings (SSSR count). The van der Waals surface area contributed by atoms with Gasteiger partial charge in [-0.05, 0) is 18.6 Å². The predicted molar refractivity (Wildman–Crippen MR) is 56.6 cm³/mol. The summed E-state index contributed by atoms with van der Waals surface area (Å²) >= 11 is 4.11. The van der Waals surface area contributed by atoms with E-state index in [-0.39, 0.29) is 0 Å². The molecule has 0 aromatic heterocycles. The zero-order valence-corrected chi connectivity index (χ0v) is 9.22. The monoisotopic (exact) mass is 208 g/mol. The topological polar surface area (TPSA) is 27.7 Å². The maximum absolute atomic E-state index is 5.32. The van der Waals surface area contributed by atoms with Gasteiger partial charge in [0.25, 0.3) is 0 Å². The van der Waals surface area contributed by atoms with E-state index in [0.29, 0.717) is 26.4 Å². The van der Waals surface area contributed by atoms with E-state index in [1.54, 1.807) is 7.11 Å². The number of unbranched alkanes of at least 4 members (excludes halogenated alkanes) is 1. The SMILES string of the molecule is COCCOCCOCCCCS. The quantitative estimate of drug-likeness (QED) is 0.434. The van der Waals surface area contributed by atoms with Crippen LogP contribution in [0.2, 0.25) is 0 Å². The molecule has 0 atom stereocenters. The second-order valence-corrected chi connectivity index (χ2v) is 3.10. The van der Waals surface area contributed by atoms with Gasteiger partial charge in [-0.15, -0.1) is 0 Å². The van der Waals surface area contributed by atoms with Crippen LogP contribution in [0.3, 0.4) is 0 Å². The summed E-state index contributed by atoms with van der Waals surface area (Å²) in [6.45, 7) is 3.45. The average molecular weight is 208 g/mol. The molecule has 13 heavy (non-hydrogen) atoms. The van der Waals surface area contributed by atoms with Crippen molar-refractivity contribution < 1.29 is 14.2 Å². The van der Waals surface area contributed by atoms with E-state index in [1.165, 1.54) is 0 Å². The van der Waals surface area contributed by atoms with Crippen LogP contribution in [-0.4, -0.2) is 45.9 Å². The molecule has 0 saturated heterocycles. The highest BCUT2D eigenvalue weighted by Crippen LogP contribution is 1.91. The first kappa shape index (κ1) is 13.2. The summed E-state index contributed by atoms with van der Waals surface area (Å²) in [4.78, 5) is 0. The largest absolute Gasteiger partial charge is 0.382 e. The standard InChI is InChI=1S/C9H20O3S/c1-10-5-6-12-8-7-11-4-2-3-9-13/h13H,2-9H2,1H3. The van der Waals surface area contributed by atoms with Gasteiger partial charge in [-0.2, -0.15) is 12.6 Å². The number of ether oxygens (including phenoxy) is 3. The van der Waals surface area contributed by atoms with Crippen molar-refractivity contribution >= 4 is 12.6 Å². The van der Waals surface area contributed by atoms with Gasteiger partial charge in [0.2, 0.25) is 0 Å². The third kappa shape index (κ3) is 12.2. The highest BCUT2D eigenvalue weighted by Gasteiger charge is 1.89. The summed E-state index contributed by atoms with van der Waals surface area (Å²) in [7, 11) is 1.66. The Morgan fingerprint density at radius 1 is 0.846 bits per heavy atom. The Bertz CT molecular complexity index is 80.9. The van der Waals surface area contributed by atoms with Gasteiger partial charge >= 0.3 is 0 Å². The summed E-state index contributed by atoms with van der Waals surface area (Å²) in [5, 5.41) is 0. The fraction of sp³-hybridized carbons (Fsp3) is 1.00. The van der Waals surface area contributed by atoms with Crippen LogP contribution in [0.4, 0.5) is 0 Å². The molecule has 0 radical (unpaired) electrons. The maximum atomic E-state index is 5.32. The number of hydrogen-bond donors (Lipinski definition) is 1. The average Bonchev–Trinajstić information content (AvgIpc) is 2.16. The molecule has 0 spiro atoms. The Labute approximate surface area is 86.2 Å². The van der Waals surface area contributed by atoms with Crippen LogP contribution in [0.1, 0.15) is 12.8 Å². The minimum absolute atomic E-state index is 0.649. The van der Waals surface area contributed by atoms with E-state index in [1.807, 2.05) is 0 Å². The molecule has 0 amide bonds. The maximum Gasteiger partial charge on any atom is 0.0701 e. The van der Waals surface area contributed by atoms with Crippen LogP contribution in [0.15, 0.2) is 0 Å². The Balaban J connectivity index is 2.76. The van der Waals surface area contributed by atoms with Crippen molar-refractivity contribution in [2.75, 3.05) is 45.9 Å². The number of hydrogen-bond acceptors (Lipinski definition) is 4. The van der Waals surface area contributed by atoms with Crippen LogP contribution in [-0.2, 0) is 14.2 Å². The van der Waals surface area contributed by atoms with E-state index in [0.717, 1.165) is 25.2 Å². The molecule has 0 aliphatic heterocycles. The fourth-order valence-corrected chi connectivity index (χ4v) is 1.00. The highest BCUT2D eigenvalue weighted by atomic mass is 32.1. The normalized spacial score (nSPS) is 10.6. The van der Waals surface area contributed by atoms with E-state index in [9.17, 15) is 0 Å². The van der Waals surface area contributed by atoms with Crippen molar-refractivity contribution in [3.63, 3.8) is 0 Å². The molecule has 80 valence electrons. The number of rotatable bonds is 10. The van der Waals surface area contributed by atoms with Crippen molar-refractivity contribution in [2.24, 2.45) is 0 Å². The second-order valence-electron chi connectivity index (χ2n) is 2.65. The van der Waals surface area contributed by atoms with Crippen molar-refractivity contribution in [3.05, 3.63) is 0 Å². The van der Waals surface area contributed by atoms with Gasteiger partial charge in [0.05, 0.1) is 26.4 Å². The van der Waals surface area contributed by atoms with Gasteiger partial charge in [0, 0.05) is 13.7 Å². The molecule has 0 heterocycles. The molecule has 0 saturated carbocycles. The first-order chi connectivity index (χ1) is 6.41. The Morgan fingerprint density at radius 2 is 1.46 bits per heavy atom. The van der Waals surface area contributed by atoms with Gasteiger partial charge in [0.1, 0.15) is 0 Å². The van der Waals surface area contributed by atoms with E-state index >= 15 is 0 Å². The lowest BCUT2D eigenvalue weighted by molar-refractivity contribution is 0.0243. The van der Waals surface area contributed by atoms with Crippen LogP contribution in [0, 0.1) is 0 Å². The van der Waals surface area contributed by atoms with E-state index in [4.69, 9.17) is 14.2 Å². The third-order valence-corrected chi connectivity index (χ3v) is 1.82. The lowest BCUT2D eigenvalue weighted by Gasteiger charge is -2.04. The van der Waals surface area contributed by atoms with Crippen molar-refractivity contribution in [3.8, 4) is 0 Å².